The van der Waals surface area contributed by atoms with Crippen LogP contribution in [0.5, 0.6) is 0 Å². The van der Waals surface area contributed by atoms with E-state index in [-0.39, 0.29) is 28.5 Å². The van der Waals surface area contributed by atoms with Crippen LogP contribution in [0.3, 0.4) is 0 Å². The van der Waals surface area contributed by atoms with Crippen LogP contribution in [0.25, 0.3) is 11.1 Å². The van der Waals surface area contributed by atoms with Crippen LogP contribution in [0, 0.1) is 6.92 Å². The van der Waals surface area contributed by atoms with Crippen molar-refractivity contribution in [1.82, 2.24) is 0 Å². The Bertz CT molecular complexity index is 3540. The number of benzene rings is 8. The highest BCUT2D eigenvalue weighted by atomic mass is 127. The molecular weight excluding hydrogens is 993 g/mol. The number of halogens is 1. The Morgan fingerprint density at radius 3 is 1.65 bits per heavy atom. The molecule has 2 aliphatic carbocycles. The normalized spacial score (nSPS) is 19.5. The Balaban J connectivity index is 1.22. The molecule has 0 radical (unpaired) electrons. The minimum absolute atomic E-state index is 0.0252. The molecule has 3 nitrogen and oxygen atoms in total. The quantitative estimate of drug-likeness (QED) is 0.107. The van der Waals surface area contributed by atoms with Crippen LogP contribution in [-0.2, 0) is 21.7 Å². The van der Waals surface area contributed by atoms with E-state index >= 15 is 0 Å². The summed E-state index contributed by atoms with van der Waals surface area (Å²) in [5, 5.41) is 0. The van der Waals surface area contributed by atoms with Crippen molar-refractivity contribution in [3.05, 3.63) is 203 Å². The first-order valence-electron chi connectivity index (χ1n) is 25.8. The van der Waals surface area contributed by atoms with Gasteiger partial charge in [-0.2, -0.15) is 0 Å². The van der Waals surface area contributed by atoms with E-state index in [4.69, 9.17) is 0 Å². The first-order valence-corrected chi connectivity index (χ1v) is 31.7. The highest BCUT2D eigenvalue weighted by Crippen LogP contribution is 2.87. The third kappa shape index (κ3) is 6.16. The van der Waals surface area contributed by atoms with Crippen LogP contribution in [0.15, 0.2) is 174 Å². The molecule has 0 fully saturated rings. The second kappa shape index (κ2) is 14.7. The van der Waals surface area contributed by atoms with Gasteiger partial charge in [0.1, 0.15) is 0 Å². The molecule has 0 saturated heterocycles. The van der Waals surface area contributed by atoms with E-state index in [1.807, 2.05) is 0 Å². The van der Waals surface area contributed by atoms with Gasteiger partial charge in [0, 0.05) is 71.7 Å². The summed E-state index contributed by atoms with van der Waals surface area (Å²) in [6.07, 6.45) is 4.77. The zero-order valence-corrected chi connectivity index (χ0v) is 46.3. The monoisotopic (exact) mass is 1060 g/mol. The molecule has 5 aliphatic rings. The maximum Gasteiger partial charge on any atom is 0.333 e. The molecular formula is C65H65BIN3S. The first-order chi connectivity index (χ1) is 33.7. The zero-order chi connectivity index (χ0) is 49.4. The van der Waals surface area contributed by atoms with Gasteiger partial charge in [0.2, 0.25) is 0 Å². The van der Waals surface area contributed by atoms with Crippen molar-refractivity contribution in [2.75, 3.05) is 27.1 Å². The molecule has 8 aromatic carbocycles. The van der Waals surface area contributed by atoms with Crippen molar-refractivity contribution in [1.29, 1.82) is 0 Å². The molecule has 0 N–H and O–H groups in total. The van der Waals surface area contributed by atoms with Gasteiger partial charge in [0.25, 0.3) is 0 Å². The van der Waals surface area contributed by atoms with Gasteiger partial charge < -0.3 is 14.6 Å². The smallest absolute Gasteiger partial charge is 0.333 e. The van der Waals surface area contributed by atoms with Crippen molar-refractivity contribution in [3.8, 4) is 11.1 Å². The number of para-hydroxylation sites is 4. The Morgan fingerprint density at radius 2 is 1.01 bits per heavy atom. The van der Waals surface area contributed by atoms with Gasteiger partial charge >= 0.3 is 6.85 Å². The van der Waals surface area contributed by atoms with Crippen molar-refractivity contribution < 1.29 is 0 Å². The van der Waals surface area contributed by atoms with Crippen molar-refractivity contribution in [3.63, 3.8) is 0 Å². The van der Waals surface area contributed by atoms with Crippen molar-refractivity contribution in [2.45, 2.75) is 107 Å². The number of rotatable bonds is 4. The van der Waals surface area contributed by atoms with Crippen LogP contribution in [0.2, 0.25) is 0 Å². The number of hydrogen-bond acceptors (Lipinski definition) is 3. The van der Waals surface area contributed by atoms with Gasteiger partial charge in [0.05, 0.1) is 0 Å². The number of fused-ring (bicyclic) bond motifs is 9. The lowest BCUT2D eigenvalue weighted by Gasteiger charge is -2.60. The standard InChI is InChI=1S/C65H65BIN3S/c1-41-35-49-50(63(4,5)34-33-62(49,2)3)39-55(41)69-56-40-52-51(64(6,7)47-28-18-19-29-48(47)65(52,8)9)38-53(56)66-60-46(36-44(37-57(60)69)68(42-23-14-12-15-24-42)43-25-16-13-17-26-43)45-27-22-32-59-61(45)70(66)54-30-20-21-31-58(54)71(59,10,11)67/h12-32,35-40,71H,33-34H2,1-11H3. The number of hydrogen-bond donors (Lipinski definition) is 1. The van der Waals surface area contributed by atoms with Crippen LogP contribution < -0.4 is 25.5 Å². The van der Waals surface area contributed by atoms with E-state index in [1.54, 1.807) is 0 Å². The van der Waals surface area contributed by atoms with Crippen LogP contribution in [0.4, 0.5) is 45.5 Å². The molecule has 8 aromatic rings. The molecule has 0 amide bonds. The maximum atomic E-state index is 2.91. The van der Waals surface area contributed by atoms with E-state index < -0.39 is 6.33 Å². The van der Waals surface area contributed by atoms with Crippen molar-refractivity contribution >= 4 is 90.8 Å². The van der Waals surface area contributed by atoms with E-state index in [0.29, 0.717) is 0 Å². The Hall–Kier alpha value is -5.70. The van der Waals surface area contributed by atoms with Gasteiger partial charge in [-0.1, -0.05) is 152 Å². The minimum Gasteiger partial charge on any atom is -0.375 e. The number of thiol groups is 1. The predicted octanol–water partition coefficient (Wildman–Crippen LogP) is 16.9. The third-order valence-electron chi connectivity index (χ3n) is 18.0. The van der Waals surface area contributed by atoms with Gasteiger partial charge in [-0.05, 0) is 186 Å². The van der Waals surface area contributed by atoms with Crippen LogP contribution >= 0.6 is 27.5 Å². The number of anilines is 8. The predicted molar refractivity (Wildman–Crippen MR) is 317 cm³/mol. The Morgan fingerprint density at radius 1 is 0.479 bits per heavy atom. The third-order valence-corrected chi connectivity index (χ3v) is 24.6. The molecule has 0 bridgehead atoms. The van der Waals surface area contributed by atoms with Gasteiger partial charge in [-0.25, -0.2) is 6.33 Å². The molecule has 71 heavy (non-hydrogen) atoms. The Kier molecular flexibility index (Phi) is 9.37. The van der Waals surface area contributed by atoms with Gasteiger partial charge in [-0.3, -0.25) is 0 Å². The molecule has 3 aliphatic heterocycles. The second-order valence-corrected chi connectivity index (χ2v) is 37.9. The van der Waals surface area contributed by atoms with Gasteiger partial charge in [-0.15, -0.1) is 0 Å². The zero-order valence-electron chi connectivity index (χ0n) is 43.2. The summed E-state index contributed by atoms with van der Waals surface area (Å²) in [6.45, 7) is 22.0. The molecule has 6 heteroatoms. The first kappa shape index (κ1) is 45.2. The summed E-state index contributed by atoms with van der Waals surface area (Å²) in [5.74, 6) is 0. The lowest BCUT2D eigenvalue weighted by atomic mass is 9.42. The summed E-state index contributed by atoms with van der Waals surface area (Å²) in [5.41, 5.74) is 24.9. The second-order valence-electron chi connectivity index (χ2n) is 24.4. The Labute approximate surface area is 435 Å². The highest BCUT2D eigenvalue weighted by molar-refractivity contribution is 14.2. The van der Waals surface area contributed by atoms with E-state index in [2.05, 4.69) is 274 Å². The molecule has 0 saturated carbocycles. The lowest BCUT2D eigenvalue weighted by molar-refractivity contribution is 0.332. The van der Waals surface area contributed by atoms with Crippen LogP contribution in [0.1, 0.15) is 107 Å². The molecule has 0 unspecified atom stereocenters. The largest absolute Gasteiger partial charge is 0.375 e. The minimum atomic E-state index is -2.70. The van der Waals surface area contributed by atoms with Gasteiger partial charge in [0.15, 0.2) is 0 Å². The molecule has 0 atom stereocenters. The highest BCUT2D eigenvalue weighted by Gasteiger charge is 2.54. The average Bonchev–Trinajstić information content (AvgIpc) is 3.35. The van der Waals surface area contributed by atoms with E-state index in [1.165, 1.54) is 106 Å². The summed E-state index contributed by atoms with van der Waals surface area (Å²) < 4.78 is 0. The average molecular weight is 1060 g/mol. The topological polar surface area (TPSA) is 9.72 Å². The fraction of sp³-hybridized carbons (Fsp3) is 0.262. The fourth-order valence-electron chi connectivity index (χ4n) is 14.0. The molecule has 3 heterocycles. The lowest BCUT2D eigenvalue weighted by Crippen LogP contribution is -2.63. The molecule has 0 aromatic heterocycles. The maximum absolute atomic E-state index is 2.91. The molecule has 13 rings (SSSR count). The van der Waals surface area contributed by atoms with E-state index in [0.717, 1.165) is 23.5 Å². The SMILES string of the molecule is Cc1cc2c(cc1N1c3cc4c(cc3B3c5c(cc(N(c6ccccc6)c6ccccc6)cc51)-c1cccc5c1N3c1ccccc1[SH]5(C)(C)I)C(C)(C)c1ccccc1C4(C)C)C(C)(C)CCC2(C)C. The van der Waals surface area contributed by atoms with E-state index in [9.17, 15) is 0 Å². The number of aryl methyl sites for hydroxylation is 1. The van der Waals surface area contributed by atoms with Crippen molar-refractivity contribution in [2.24, 2.45) is 0 Å². The number of nitrogens with zero attached hydrogens (tertiary/aromatic N) is 3. The summed E-state index contributed by atoms with van der Waals surface area (Å²) >= 11 is 2.91. The molecule has 0 spiro atoms. The summed E-state index contributed by atoms with van der Waals surface area (Å²) in [6, 6.07) is 63.6. The van der Waals surface area contributed by atoms with Crippen LogP contribution in [-0.4, -0.2) is 19.4 Å². The summed E-state index contributed by atoms with van der Waals surface area (Å²) in [7, 11) is 0. The molecule has 356 valence electrons. The summed E-state index contributed by atoms with van der Waals surface area (Å²) in [4.78, 5) is 11.0. The fourth-order valence-corrected chi connectivity index (χ4v) is 19.3.